The van der Waals surface area contributed by atoms with Crippen molar-refractivity contribution in [1.29, 1.82) is 0 Å². The summed E-state index contributed by atoms with van der Waals surface area (Å²) in [6.07, 6.45) is 5.31. The van der Waals surface area contributed by atoms with Gasteiger partial charge in [-0.25, -0.2) is 4.39 Å². The maximum atomic E-state index is 14.5. The van der Waals surface area contributed by atoms with Crippen molar-refractivity contribution in [1.82, 2.24) is 0 Å². The molecule has 1 aliphatic carbocycles. The predicted octanol–water partition coefficient (Wildman–Crippen LogP) is 5.43. The highest BCUT2D eigenvalue weighted by atomic mass is 32.2. The van der Waals surface area contributed by atoms with E-state index >= 15 is 0 Å². The molecule has 4 nitrogen and oxygen atoms in total. The van der Waals surface area contributed by atoms with E-state index in [0.29, 0.717) is 11.4 Å². The number of anilines is 2. The first-order chi connectivity index (χ1) is 14.0. The fraction of sp³-hybridized carbons (Fsp3) is 0.391. The maximum Gasteiger partial charge on any atom is 0.238 e. The second kappa shape index (κ2) is 8.57. The van der Waals surface area contributed by atoms with Gasteiger partial charge in [-0.1, -0.05) is 37.5 Å². The number of nitrogens with one attached hydrogen (secondary N) is 1. The van der Waals surface area contributed by atoms with Crippen molar-refractivity contribution in [2.24, 2.45) is 5.92 Å². The lowest BCUT2D eigenvalue weighted by Gasteiger charge is -2.26. The van der Waals surface area contributed by atoms with E-state index in [1.165, 1.54) is 29.1 Å². The number of hydrogen-bond donors (Lipinski definition) is 1. The van der Waals surface area contributed by atoms with Crippen LogP contribution < -0.4 is 10.2 Å². The lowest BCUT2D eigenvalue weighted by molar-refractivity contribution is -0.120. The molecule has 2 aromatic carbocycles. The summed E-state index contributed by atoms with van der Waals surface area (Å²) in [6, 6.07) is 12.4. The molecule has 0 spiro atoms. The monoisotopic (exact) mass is 412 g/mol. The summed E-state index contributed by atoms with van der Waals surface area (Å²) in [7, 11) is 0. The highest BCUT2D eigenvalue weighted by Gasteiger charge is 2.35. The highest BCUT2D eigenvalue weighted by molar-refractivity contribution is 8.00. The van der Waals surface area contributed by atoms with Crippen molar-refractivity contribution in [3.63, 3.8) is 0 Å². The summed E-state index contributed by atoms with van der Waals surface area (Å²) in [5, 5.41) is 2.72. The summed E-state index contributed by atoms with van der Waals surface area (Å²) in [5.41, 5.74) is 2.81. The minimum absolute atomic E-state index is 0.0681. The van der Waals surface area contributed by atoms with E-state index in [2.05, 4.69) is 5.32 Å². The number of halogens is 1. The number of carbonyl (C=O) groups excluding carboxylic acids is 2. The van der Waals surface area contributed by atoms with Crippen LogP contribution in [-0.4, -0.2) is 17.6 Å². The van der Waals surface area contributed by atoms with Crippen molar-refractivity contribution in [3.05, 3.63) is 59.4 Å². The standard InChI is InChI=1S/C23H25FN2O2S/c1-15-10-11-19(24)20(12-15)26-21(27)14-29-23(26)17-8-5-9-18(13-17)25-22(28)16-6-3-2-4-7-16/h5,8-13,16,23H,2-4,6-7,14H2,1H3,(H,25,28)/t23-/m0/s1. The van der Waals surface area contributed by atoms with Crippen molar-refractivity contribution < 1.29 is 14.0 Å². The summed E-state index contributed by atoms with van der Waals surface area (Å²) in [6.45, 7) is 1.88. The molecule has 2 amide bonds. The van der Waals surface area contributed by atoms with E-state index in [0.717, 1.165) is 42.5 Å². The Hall–Kier alpha value is -2.34. The molecule has 152 valence electrons. The van der Waals surface area contributed by atoms with Crippen LogP contribution in [0, 0.1) is 18.7 Å². The zero-order chi connectivity index (χ0) is 20.4. The van der Waals surface area contributed by atoms with E-state index in [-0.39, 0.29) is 23.1 Å². The molecule has 2 aromatic rings. The van der Waals surface area contributed by atoms with Gasteiger partial charge in [0.1, 0.15) is 11.2 Å². The van der Waals surface area contributed by atoms with Gasteiger partial charge in [-0.05, 0) is 55.2 Å². The van der Waals surface area contributed by atoms with Gasteiger partial charge < -0.3 is 5.32 Å². The number of thioether (sulfide) groups is 1. The topological polar surface area (TPSA) is 49.4 Å². The van der Waals surface area contributed by atoms with E-state index in [4.69, 9.17) is 0 Å². The third kappa shape index (κ3) is 4.32. The molecule has 2 aliphatic rings. The van der Waals surface area contributed by atoms with Crippen LogP contribution in [0.2, 0.25) is 0 Å². The van der Waals surface area contributed by atoms with Crippen LogP contribution in [0.15, 0.2) is 42.5 Å². The normalized spacial score (nSPS) is 20.1. The molecular formula is C23H25FN2O2S. The molecule has 0 radical (unpaired) electrons. The molecular weight excluding hydrogens is 387 g/mol. The lowest BCUT2D eigenvalue weighted by atomic mass is 9.88. The first kappa shape index (κ1) is 20.0. The van der Waals surface area contributed by atoms with Gasteiger partial charge in [0, 0.05) is 11.6 Å². The Bertz CT molecular complexity index is 927. The van der Waals surface area contributed by atoms with Crippen LogP contribution >= 0.6 is 11.8 Å². The average molecular weight is 413 g/mol. The molecule has 1 saturated heterocycles. The van der Waals surface area contributed by atoms with Crippen molar-refractivity contribution in [3.8, 4) is 0 Å². The average Bonchev–Trinajstić information content (AvgIpc) is 3.12. The third-order valence-electron chi connectivity index (χ3n) is 5.64. The molecule has 1 saturated carbocycles. The molecule has 6 heteroatoms. The quantitative estimate of drug-likeness (QED) is 0.728. The Morgan fingerprint density at radius 1 is 1.14 bits per heavy atom. The molecule has 0 aromatic heterocycles. The van der Waals surface area contributed by atoms with E-state index in [1.807, 2.05) is 31.2 Å². The number of aryl methyl sites for hydroxylation is 1. The number of rotatable bonds is 4. The van der Waals surface area contributed by atoms with Gasteiger partial charge in [0.05, 0.1) is 11.4 Å². The number of hydrogen-bond acceptors (Lipinski definition) is 3. The van der Waals surface area contributed by atoms with E-state index in [9.17, 15) is 14.0 Å². The van der Waals surface area contributed by atoms with Gasteiger partial charge in [0.25, 0.3) is 0 Å². The summed E-state index contributed by atoms with van der Waals surface area (Å²) < 4.78 is 14.5. The Morgan fingerprint density at radius 3 is 2.72 bits per heavy atom. The fourth-order valence-corrected chi connectivity index (χ4v) is 5.28. The number of benzene rings is 2. The Morgan fingerprint density at radius 2 is 1.93 bits per heavy atom. The van der Waals surface area contributed by atoms with Crippen molar-refractivity contribution in [2.45, 2.75) is 44.4 Å². The van der Waals surface area contributed by atoms with Gasteiger partial charge in [-0.2, -0.15) is 0 Å². The molecule has 1 aliphatic heterocycles. The summed E-state index contributed by atoms with van der Waals surface area (Å²) in [4.78, 5) is 26.7. The van der Waals surface area contributed by atoms with Crippen molar-refractivity contribution >= 4 is 35.0 Å². The molecule has 1 heterocycles. The second-order valence-electron chi connectivity index (χ2n) is 7.83. The smallest absolute Gasteiger partial charge is 0.238 e. The van der Waals surface area contributed by atoms with Gasteiger partial charge in [-0.15, -0.1) is 11.8 Å². The maximum absolute atomic E-state index is 14.5. The van der Waals surface area contributed by atoms with Crippen LogP contribution in [0.1, 0.15) is 48.6 Å². The largest absolute Gasteiger partial charge is 0.326 e. The zero-order valence-corrected chi connectivity index (χ0v) is 17.3. The van der Waals surface area contributed by atoms with Crippen molar-refractivity contribution in [2.75, 3.05) is 16.0 Å². The van der Waals surface area contributed by atoms with Crippen LogP contribution in [0.25, 0.3) is 0 Å². The molecule has 0 unspecified atom stereocenters. The lowest BCUT2D eigenvalue weighted by Crippen LogP contribution is -2.29. The number of amides is 2. The Balaban J connectivity index is 1.57. The minimum Gasteiger partial charge on any atom is -0.326 e. The third-order valence-corrected chi connectivity index (χ3v) is 6.86. The van der Waals surface area contributed by atoms with Crippen LogP contribution in [0.5, 0.6) is 0 Å². The first-order valence-corrected chi connectivity index (χ1v) is 11.2. The van der Waals surface area contributed by atoms with E-state index < -0.39 is 5.82 Å². The molecule has 1 atom stereocenters. The van der Waals surface area contributed by atoms with Gasteiger partial charge in [0.15, 0.2) is 0 Å². The summed E-state index contributed by atoms with van der Waals surface area (Å²) in [5.74, 6) is -0.0675. The second-order valence-corrected chi connectivity index (χ2v) is 8.90. The van der Waals surface area contributed by atoms with Gasteiger partial charge >= 0.3 is 0 Å². The van der Waals surface area contributed by atoms with Crippen LogP contribution in [-0.2, 0) is 9.59 Å². The molecule has 4 rings (SSSR count). The molecule has 29 heavy (non-hydrogen) atoms. The van der Waals surface area contributed by atoms with Crippen LogP contribution in [0.3, 0.4) is 0 Å². The SMILES string of the molecule is Cc1ccc(F)c(N2C(=O)CS[C@H]2c2cccc(NC(=O)C3CCCCC3)c2)c1. The summed E-state index contributed by atoms with van der Waals surface area (Å²) >= 11 is 1.47. The molecule has 0 bridgehead atoms. The van der Waals surface area contributed by atoms with E-state index in [1.54, 1.807) is 12.1 Å². The van der Waals surface area contributed by atoms with Gasteiger partial charge in [0.2, 0.25) is 11.8 Å². The Kier molecular flexibility index (Phi) is 5.90. The molecule has 1 N–H and O–H groups in total. The zero-order valence-electron chi connectivity index (χ0n) is 16.5. The first-order valence-electron chi connectivity index (χ1n) is 10.1. The molecule has 2 fully saturated rings. The Labute approximate surface area is 174 Å². The minimum atomic E-state index is -0.404. The highest BCUT2D eigenvalue weighted by Crippen LogP contribution is 2.43. The number of nitrogens with zero attached hydrogens (tertiary/aromatic N) is 1. The predicted molar refractivity (Wildman–Crippen MR) is 115 cm³/mol. The number of carbonyl (C=O) groups is 2. The van der Waals surface area contributed by atoms with Crippen LogP contribution in [0.4, 0.5) is 15.8 Å². The fourth-order valence-electron chi connectivity index (χ4n) is 4.12. The van der Waals surface area contributed by atoms with Gasteiger partial charge in [-0.3, -0.25) is 14.5 Å².